The summed E-state index contributed by atoms with van der Waals surface area (Å²) in [5, 5.41) is 8.68. The summed E-state index contributed by atoms with van der Waals surface area (Å²) in [6, 6.07) is 3.57. The topological polar surface area (TPSA) is 73.4 Å². The summed E-state index contributed by atoms with van der Waals surface area (Å²) in [6.45, 7) is 1.44. The van der Waals surface area contributed by atoms with E-state index in [1.807, 2.05) is 4.90 Å². The van der Waals surface area contributed by atoms with Crippen molar-refractivity contribution in [1.29, 1.82) is 0 Å². The second-order valence-corrected chi connectivity index (χ2v) is 4.78. The van der Waals surface area contributed by atoms with Crippen LogP contribution in [0.25, 0.3) is 0 Å². The number of hydrogen-bond acceptors (Lipinski definition) is 2. The lowest BCUT2D eigenvalue weighted by Crippen LogP contribution is -2.40. The highest BCUT2D eigenvalue weighted by atomic mass is 16.4. The Balaban J connectivity index is 1.90. The van der Waals surface area contributed by atoms with Gasteiger partial charge in [0.2, 0.25) is 0 Å². The summed E-state index contributed by atoms with van der Waals surface area (Å²) in [7, 11) is 0. The number of rotatable bonds is 4. The third kappa shape index (κ3) is 3.12. The highest BCUT2D eigenvalue weighted by Crippen LogP contribution is 2.22. The molecule has 0 radical (unpaired) electrons. The van der Waals surface area contributed by atoms with Crippen molar-refractivity contribution in [2.75, 3.05) is 13.1 Å². The lowest BCUT2D eigenvalue weighted by atomic mass is 9.93. The molecule has 1 amide bonds. The van der Waals surface area contributed by atoms with Gasteiger partial charge in [-0.05, 0) is 37.3 Å². The minimum Gasteiger partial charge on any atom is -0.481 e. The summed E-state index contributed by atoms with van der Waals surface area (Å²) >= 11 is 0. The molecule has 1 aromatic heterocycles. The molecule has 0 spiro atoms. The molecule has 2 rings (SSSR count). The molecule has 1 unspecified atom stereocenters. The molecule has 18 heavy (non-hydrogen) atoms. The van der Waals surface area contributed by atoms with E-state index in [4.69, 9.17) is 5.11 Å². The average molecular weight is 250 g/mol. The van der Waals surface area contributed by atoms with Gasteiger partial charge < -0.3 is 15.0 Å². The van der Waals surface area contributed by atoms with Crippen molar-refractivity contribution in [1.82, 2.24) is 9.88 Å². The van der Waals surface area contributed by atoms with Crippen molar-refractivity contribution in [3.63, 3.8) is 0 Å². The van der Waals surface area contributed by atoms with Crippen LogP contribution in [0.2, 0.25) is 0 Å². The van der Waals surface area contributed by atoms with Gasteiger partial charge in [0.15, 0.2) is 0 Å². The first kappa shape index (κ1) is 12.7. The fourth-order valence-electron chi connectivity index (χ4n) is 2.45. The number of carboxylic acids is 1. The SMILES string of the molecule is O=C(O)CCC1CCCN(C(=O)c2ccc[nH]2)C1. The van der Waals surface area contributed by atoms with Gasteiger partial charge in [-0.1, -0.05) is 0 Å². The molecule has 1 saturated heterocycles. The number of likely N-dealkylation sites (tertiary alicyclic amines) is 1. The van der Waals surface area contributed by atoms with Crippen molar-refractivity contribution >= 4 is 11.9 Å². The van der Waals surface area contributed by atoms with Gasteiger partial charge in [-0.2, -0.15) is 0 Å². The summed E-state index contributed by atoms with van der Waals surface area (Å²) in [5.41, 5.74) is 0.605. The second-order valence-electron chi connectivity index (χ2n) is 4.78. The summed E-state index contributed by atoms with van der Waals surface area (Å²) < 4.78 is 0. The van der Waals surface area contributed by atoms with Gasteiger partial charge in [-0.15, -0.1) is 0 Å². The van der Waals surface area contributed by atoms with Gasteiger partial charge in [0.25, 0.3) is 5.91 Å². The number of amides is 1. The minimum absolute atomic E-state index is 0.0139. The van der Waals surface area contributed by atoms with Gasteiger partial charge in [-0.3, -0.25) is 9.59 Å². The van der Waals surface area contributed by atoms with E-state index in [0.717, 1.165) is 19.4 Å². The number of H-pyrrole nitrogens is 1. The van der Waals surface area contributed by atoms with Gasteiger partial charge in [-0.25, -0.2) is 0 Å². The smallest absolute Gasteiger partial charge is 0.303 e. The van der Waals surface area contributed by atoms with Gasteiger partial charge in [0.1, 0.15) is 5.69 Å². The summed E-state index contributed by atoms with van der Waals surface area (Å²) in [6.07, 6.45) is 4.55. The fraction of sp³-hybridized carbons (Fsp3) is 0.538. The molecule has 1 fully saturated rings. The zero-order valence-electron chi connectivity index (χ0n) is 10.3. The average Bonchev–Trinajstić information content (AvgIpc) is 2.89. The van der Waals surface area contributed by atoms with Crippen LogP contribution >= 0.6 is 0 Å². The molecule has 2 heterocycles. The van der Waals surface area contributed by atoms with Crippen molar-refractivity contribution < 1.29 is 14.7 Å². The normalized spacial score (nSPS) is 19.8. The highest BCUT2D eigenvalue weighted by Gasteiger charge is 2.25. The second kappa shape index (κ2) is 5.71. The molecule has 0 bridgehead atoms. The van der Waals surface area contributed by atoms with Crippen LogP contribution in [-0.4, -0.2) is 40.0 Å². The number of aromatic amines is 1. The van der Waals surface area contributed by atoms with Crippen LogP contribution in [-0.2, 0) is 4.79 Å². The van der Waals surface area contributed by atoms with Crippen molar-refractivity contribution in [3.05, 3.63) is 24.0 Å². The van der Waals surface area contributed by atoms with Gasteiger partial charge in [0.05, 0.1) is 0 Å². The molecule has 98 valence electrons. The lowest BCUT2D eigenvalue weighted by Gasteiger charge is -2.32. The lowest BCUT2D eigenvalue weighted by molar-refractivity contribution is -0.137. The third-order valence-corrected chi connectivity index (χ3v) is 3.40. The van der Waals surface area contributed by atoms with Crippen LogP contribution in [0.1, 0.15) is 36.2 Å². The van der Waals surface area contributed by atoms with E-state index in [9.17, 15) is 9.59 Å². The van der Waals surface area contributed by atoms with Crippen LogP contribution in [0.3, 0.4) is 0 Å². The molecule has 5 nitrogen and oxygen atoms in total. The van der Waals surface area contributed by atoms with Gasteiger partial charge in [0, 0.05) is 25.7 Å². The van der Waals surface area contributed by atoms with Crippen LogP contribution in [0.15, 0.2) is 18.3 Å². The van der Waals surface area contributed by atoms with Crippen molar-refractivity contribution in [2.24, 2.45) is 5.92 Å². The molecule has 1 aromatic rings. The third-order valence-electron chi connectivity index (χ3n) is 3.40. The molecular formula is C13H18N2O3. The fourth-order valence-corrected chi connectivity index (χ4v) is 2.45. The molecule has 0 aliphatic carbocycles. The quantitative estimate of drug-likeness (QED) is 0.854. The number of carbonyl (C=O) groups excluding carboxylic acids is 1. The monoisotopic (exact) mass is 250 g/mol. The van der Waals surface area contributed by atoms with Crippen LogP contribution in [0, 0.1) is 5.92 Å². The maximum Gasteiger partial charge on any atom is 0.303 e. The number of nitrogens with zero attached hydrogens (tertiary/aromatic N) is 1. The predicted molar refractivity (Wildman–Crippen MR) is 66.3 cm³/mol. The maximum absolute atomic E-state index is 12.1. The van der Waals surface area contributed by atoms with Gasteiger partial charge >= 0.3 is 5.97 Å². The zero-order chi connectivity index (χ0) is 13.0. The Bertz CT molecular complexity index is 414. The number of aromatic nitrogens is 1. The minimum atomic E-state index is -0.761. The predicted octanol–water partition coefficient (Wildman–Crippen LogP) is 1.73. The summed E-state index contributed by atoms with van der Waals surface area (Å²) in [5.74, 6) is -0.434. The Morgan fingerprint density at radius 2 is 2.33 bits per heavy atom. The Labute approximate surface area is 106 Å². The zero-order valence-corrected chi connectivity index (χ0v) is 10.3. The number of aliphatic carboxylic acids is 1. The standard InChI is InChI=1S/C13H18N2O3/c16-12(17)6-5-10-3-2-8-15(9-10)13(18)11-4-1-7-14-11/h1,4,7,10,14H,2-3,5-6,8-9H2,(H,16,17). The summed E-state index contributed by atoms with van der Waals surface area (Å²) in [4.78, 5) is 27.4. The van der Waals surface area contributed by atoms with E-state index in [2.05, 4.69) is 4.98 Å². The molecule has 1 atom stereocenters. The molecule has 2 N–H and O–H groups in total. The van der Waals surface area contributed by atoms with Crippen LogP contribution in [0.4, 0.5) is 0 Å². The number of nitrogens with one attached hydrogen (secondary N) is 1. The Morgan fingerprint density at radius 1 is 1.50 bits per heavy atom. The van der Waals surface area contributed by atoms with E-state index in [-0.39, 0.29) is 12.3 Å². The Kier molecular flexibility index (Phi) is 4.02. The number of carbonyl (C=O) groups is 2. The number of carboxylic acid groups (broad SMARTS) is 1. The first-order chi connectivity index (χ1) is 8.66. The molecule has 5 heteroatoms. The molecular weight excluding hydrogens is 232 g/mol. The molecule has 0 saturated carbocycles. The first-order valence-corrected chi connectivity index (χ1v) is 6.31. The maximum atomic E-state index is 12.1. The number of piperidine rings is 1. The van der Waals surface area contributed by atoms with Crippen molar-refractivity contribution in [3.8, 4) is 0 Å². The molecule has 1 aliphatic heterocycles. The van der Waals surface area contributed by atoms with Crippen molar-refractivity contribution in [2.45, 2.75) is 25.7 Å². The molecule has 0 aromatic carbocycles. The molecule has 1 aliphatic rings. The van der Waals surface area contributed by atoms with Crippen LogP contribution in [0.5, 0.6) is 0 Å². The Hall–Kier alpha value is -1.78. The largest absolute Gasteiger partial charge is 0.481 e. The van der Waals surface area contributed by atoms with Crippen LogP contribution < -0.4 is 0 Å². The number of hydrogen-bond donors (Lipinski definition) is 2. The van der Waals surface area contributed by atoms with E-state index in [1.54, 1.807) is 18.3 Å². The Morgan fingerprint density at radius 3 is 3.00 bits per heavy atom. The van der Waals surface area contributed by atoms with E-state index in [0.29, 0.717) is 24.6 Å². The van der Waals surface area contributed by atoms with E-state index < -0.39 is 5.97 Å². The van der Waals surface area contributed by atoms with E-state index >= 15 is 0 Å². The van der Waals surface area contributed by atoms with E-state index in [1.165, 1.54) is 0 Å². The highest BCUT2D eigenvalue weighted by molar-refractivity contribution is 5.92. The first-order valence-electron chi connectivity index (χ1n) is 6.31.